The summed E-state index contributed by atoms with van der Waals surface area (Å²) in [6, 6.07) is 21.0. The van der Waals surface area contributed by atoms with Gasteiger partial charge in [-0.15, -0.1) is 0 Å². The Kier molecular flexibility index (Phi) is 13.8. The molecule has 0 heterocycles. The van der Waals surface area contributed by atoms with Crippen LogP contribution < -0.4 is 14.2 Å². The fraction of sp³-hybridized carbons (Fsp3) is 0.429. The lowest BCUT2D eigenvalue weighted by atomic mass is 10.1. The molecule has 0 atom stereocenters. The molecule has 214 valence electrons. The summed E-state index contributed by atoms with van der Waals surface area (Å²) in [7, 11) is 0. The summed E-state index contributed by atoms with van der Waals surface area (Å²) in [5.74, 6) is 0.679. The quantitative estimate of drug-likeness (QED) is 0.0907. The molecule has 40 heavy (non-hydrogen) atoms. The molecule has 0 saturated carbocycles. The van der Waals surface area contributed by atoms with E-state index in [-0.39, 0.29) is 0 Å². The summed E-state index contributed by atoms with van der Waals surface area (Å²) in [4.78, 5) is 25.1. The first-order chi connectivity index (χ1) is 19.6. The molecule has 0 aromatic heterocycles. The van der Waals surface area contributed by atoms with Crippen LogP contribution in [0.3, 0.4) is 0 Å². The minimum atomic E-state index is -0.469. The minimum Gasteiger partial charge on any atom is -0.494 e. The number of carbonyl (C=O) groups excluding carboxylic acids is 2. The van der Waals surface area contributed by atoms with Crippen molar-refractivity contribution in [2.75, 3.05) is 6.61 Å². The summed E-state index contributed by atoms with van der Waals surface area (Å²) >= 11 is 0. The highest BCUT2D eigenvalue weighted by molar-refractivity contribution is 5.92. The number of esters is 2. The van der Waals surface area contributed by atoms with Crippen molar-refractivity contribution in [1.29, 1.82) is 0 Å². The third kappa shape index (κ3) is 11.3. The van der Waals surface area contributed by atoms with E-state index in [0.29, 0.717) is 29.2 Å². The van der Waals surface area contributed by atoms with E-state index < -0.39 is 11.9 Å². The zero-order valence-electron chi connectivity index (χ0n) is 24.2. The standard InChI is InChI=1S/C35H44O5/c1-3-5-7-9-11-13-27-38-31-23-17-29(18-24-31)34(36)40-33-25-19-30(20-26-33)35(37)39-32-21-15-28(16-22-32)14-12-10-8-6-4-2/h15-26H,3-14,27H2,1-2H3. The highest BCUT2D eigenvalue weighted by atomic mass is 16.5. The predicted octanol–water partition coefficient (Wildman–Crippen LogP) is 9.38. The second-order valence-electron chi connectivity index (χ2n) is 10.3. The van der Waals surface area contributed by atoms with Gasteiger partial charge < -0.3 is 14.2 Å². The topological polar surface area (TPSA) is 61.8 Å². The number of unbranched alkanes of at least 4 members (excludes halogenated alkanes) is 9. The number of ether oxygens (including phenoxy) is 3. The van der Waals surface area contributed by atoms with E-state index in [2.05, 4.69) is 13.8 Å². The first kappa shape index (κ1) is 30.9. The van der Waals surface area contributed by atoms with Crippen LogP contribution in [-0.4, -0.2) is 18.5 Å². The molecule has 0 bridgehead atoms. The van der Waals surface area contributed by atoms with Gasteiger partial charge in [-0.1, -0.05) is 83.8 Å². The third-order valence-corrected chi connectivity index (χ3v) is 6.86. The normalized spacial score (nSPS) is 10.8. The molecule has 0 spiro atoms. The van der Waals surface area contributed by atoms with Gasteiger partial charge in [0.2, 0.25) is 0 Å². The summed E-state index contributed by atoms with van der Waals surface area (Å²) in [5, 5.41) is 0. The van der Waals surface area contributed by atoms with Gasteiger partial charge in [0.25, 0.3) is 0 Å². The molecule has 3 aromatic rings. The number of aryl methyl sites for hydroxylation is 1. The third-order valence-electron chi connectivity index (χ3n) is 6.86. The molecule has 5 nitrogen and oxygen atoms in total. The zero-order valence-corrected chi connectivity index (χ0v) is 24.2. The Morgan fingerprint density at radius 3 is 1.45 bits per heavy atom. The van der Waals surface area contributed by atoms with Crippen molar-refractivity contribution in [3.63, 3.8) is 0 Å². The Labute approximate surface area is 239 Å². The van der Waals surface area contributed by atoms with Crippen LogP contribution in [0.25, 0.3) is 0 Å². The SMILES string of the molecule is CCCCCCCCOc1ccc(C(=O)Oc2ccc(C(=O)Oc3ccc(CCCCCCC)cc3)cc2)cc1. The Morgan fingerprint density at radius 1 is 0.500 bits per heavy atom. The van der Waals surface area contributed by atoms with Crippen LogP contribution >= 0.6 is 0 Å². The van der Waals surface area contributed by atoms with Crippen LogP contribution in [0.1, 0.15) is 111 Å². The van der Waals surface area contributed by atoms with Gasteiger partial charge in [0.1, 0.15) is 17.2 Å². The van der Waals surface area contributed by atoms with Crippen LogP contribution in [-0.2, 0) is 6.42 Å². The second kappa shape index (κ2) is 17.9. The average molecular weight is 545 g/mol. The summed E-state index contributed by atoms with van der Waals surface area (Å²) < 4.78 is 16.8. The van der Waals surface area contributed by atoms with Crippen LogP contribution in [0, 0.1) is 0 Å². The maximum Gasteiger partial charge on any atom is 0.343 e. The van der Waals surface area contributed by atoms with E-state index in [9.17, 15) is 9.59 Å². The van der Waals surface area contributed by atoms with Crippen LogP contribution in [0.2, 0.25) is 0 Å². The van der Waals surface area contributed by atoms with Crippen molar-refractivity contribution >= 4 is 11.9 Å². The maximum atomic E-state index is 12.6. The van der Waals surface area contributed by atoms with E-state index in [0.717, 1.165) is 18.6 Å². The smallest absolute Gasteiger partial charge is 0.343 e. The lowest BCUT2D eigenvalue weighted by molar-refractivity contribution is 0.0730. The number of hydrogen-bond donors (Lipinski definition) is 0. The zero-order chi connectivity index (χ0) is 28.4. The molecule has 0 aliphatic carbocycles. The van der Waals surface area contributed by atoms with E-state index in [1.807, 2.05) is 24.3 Å². The van der Waals surface area contributed by atoms with Crippen LogP contribution in [0.5, 0.6) is 17.2 Å². The maximum absolute atomic E-state index is 12.6. The highest BCUT2D eigenvalue weighted by Crippen LogP contribution is 2.20. The van der Waals surface area contributed by atoms with E-state index in [4.69, 9.17) is 14.2 Å². The Morgan fingerprint density at radius 2 is 0.925 bits per heavy atom. The van der Waals surface area contributed by atoms with Gasteiger partial charge in [0.05, 0.1) is 17.7 Å². The van der Waals surface area contributed by atoms with Crippen molar-refractivity contribution in [3.05, 3.63) is 89.5 Å². The summed E-state index contributed by atoms with van der Waals surface area (Å²) in [6.45, 7) is 5.11. The lowest BCUT2D eigenvalue weighted by Crippen LogP contribution is -2.10. The summed E-state index contributed by atoms with van der Waals surface area (Å²) in [5.41, 5.74) is 2.06. The van der Waals surface area contributed by atoms with Gasteiger partial charge >= 0.3 is 11.9 Å². The van der Waals surface area contributed by atoms with Gasteiger partial charge in [0, 0.05) is 0 Å². The van der Waals surface area contributed by atoms with Gasteiger partial charge in [-0.05, 0) is 85.5 Å². The van der Waals surface area contributed by atoms with E-state index in [1.165, 1.54) is 69.8 Å². The van der Waals surface area contributed by atoms with Gasteiger partial charge in [-0.3, -0.25) is 0 Å². The molecule has 0 unspecified atom stereocenters. The van der Waals surface area contributed by atoms with E-state index >= 15 is 0 Å². The first-order valence-electron chi connectivity index (χ1n) is 14.9. The number of carbonyl (C=O) groups is 2. The minimum absolute atomic E-state index is 0.355. The Balaban J connectivity index is 1.40. The first-order valence-corrected chi connectivity index (χ1v) is 14.9. The predicted molar refractivity (Wildman–Crippen MR) is 161 cm³/mol. The number of benzene rings is 3. The summed E-state index contributed by atoms with van der Waals surface area (Å²) in [6.07, 6.45) is 14.6. The number of hydrogen-bond acceptors (Lipinski definition) is 5. The molecule has 0 aliphatic rings. The Hall–Kier alpha value is -3.60. The molecule has 3 aromatic carbocycles. The van der Waals surface area contributed by atoms with Gasteiger partial charge in [-0.25, -0.2) is 9.59 Å². The van der Waals surface area contributed by atoms with Crippen LogP contribution in [0.15, 0.2) is 72.8 Å². The second-order valence-corrected chi connectivity index (χ2v) is 10.3. The largest absolute Gasteiger partial charge is 0.494 e. The average Bonchev–Trinajstić information content (AvgIpc) is 2.98. The van der Waals surface area contributed by atoms with Gasteiger partial charge in [-0.2, -0.15) is 0 Å². The van der Waals surface area contributed by atoms with Gasteiger partial charge in [0.15, 0.2) is 0 Å². The molecular weight excluding hydrogens is 500 g/mol. The molecule has 0 radical (unpaired) electrons. The number of rotatable bonds is 18. The molecule has 5 heteroatoms. The fourth-order valence-electron chi connectivity index (χ4n) is 4.41. The molecule has 3 rings (SSSR count). The molecular formula is C35H44O5. The van der Waals surface area contributed by atoms with Crippen LogP contribution in [0.4, 0.5) is 0 Å². The Bertz CT molecular complexity index is 1130. The monoisotopic (exact) mass is 544 g/mol. The fourth-order valence-corrected chi connectivity index (χ4v) is 4.41. The molecule has 0 fully saturated rings. The van der Waals surface area contributed by atoms with Crippen molar-refractivity contribution in [1.82, 2.24) is 0 Å². The molecule has 0 saturated heterocycles. The van der Waals surface area contributed by atoms with Crippen molar-refractivity contribution in [2.45, 2.75) is 90.9 Å². The van der Waals surface area contributed by atoms with Crippen molar-refractivity contribution in [2.24, 2.45) is 0 Å². The lowest BCUT2D eigenvalue weighted by Gasteiger charge is -2.09. The van der Waals surface area contributed by atoms with Crippen molar-refractivity contribution < 1.29 is 23.8 Å². The molecule has 0 amide bonds. The van der Waals surface area contributed by atoms with Crippen molar-refractivity contribution in [3.8, 4) is 17.2 Å². The molecule has 0 aliphatic heterocycles. The highest BCUT2D eigenvalue weighted by Gasteiger charge is 2.12. The molecule has 0 N–H and O–H groups in total. The van der Waals surface area contributed by atoms with E-state index in [1.54, 1.807) is 48.5 Å².